The smallest absolute Gasteiger partial charge is 0.321 e. The quantitative estimate of drug-likeness (QED) is 0.154. The highest BCUT2D eigenvalue weighted by molar-refractivity contribution is 5.92. The average Bonchev–Trinajstić information content (AvgIpc) is 3.18. The number of aliphatic carboxylic acids is 3. The Kier molecular flexibility index (Phi) is 8.61. The molecule has 0 atom stereocenters. The molecule has 0 aliphatic heterocycles. The molecule has 6 heteroatoms. The van der Waals surface area contributed by atoms with Crippen LogP contribution in [0.3, 0.4) is 0 Å². The van der Waals surface area contributed by atoms with Crippen LogP contribution in [-0.4, -0.2) is 33.2 Å². The Balaban J connectivity index is 1.40. The SMILES string of the molecule is O=C(O)C1(c2cc(C3(C(=O)O)C=CC(c4ccccc4)C=C3)cc(C3(C(=O)O)C=CC(c4ccccc4)C=C3)c2)C=CC(c2ccccc2)C=C1. The van der Waals surface area contributed by atoms with Crippen LogP contribution >= 0.6 is 0 Å². The lowest BCUT2D eigenvalue weighted by Crippen LogP contribution is -2.39. The molecule has 51 heavy (non-hydrogen) atoms. The van der Waals surface area contributed by atoms with Crippen LogP contribution in [0.4, 0.5) is 0 Å². The summed E-state index contributed by atoms with van der Waals surface area (Å²) in [5, 5.41) is 32.6. The van der Waals surface area contributed by atoms with Crippen molar-refractivity contribution in [1.29, 1.82) is 0 Å². The van der Waals surface area contributed by atoms with E-state index in [9.17, 15) is 29.7 Å². The molecule has 3 N–H and O–H groups in total. The molecule has 3 aliphatic rings. The van der Waals surface area contributed by atoms with E-state index in [1.807, 2.05) is 127 Å². The summed E-state index contributed by atoms with van der Waals surface area (Å²) < 4.78 is 0. The molecule has 0 aromatic heterocycles. The van der Waals surface area contributed by atoms with E-state index >= 15 is 0 Å². The highest BCUT2D eigenvalue weighted by atomic mass is 16.4. The summed E-state index contributed by atoms with van der Waals surface area (Å²) in [4.78, 5) is 40.0. The highest BCUT2D eigenvalue weighted by Gasteiger charge is 2.45. The third-order valence-corrected chi connectivity index (χ3v) is 10.4. The molecule has 4 aromatic rings. The summed E-state index contributed by atoms with van der Waals surface area (Å²) in [5.41, 5.74) is -1.36. The minimum absolute atomic E-state index is 0.171. The van der Waals surface area contributed by atoms with Crippen molar-refractivity contribution in [2.24, 2.45) is 0 Å². The summed E-state index contributed by atoms with van der Waals surface area (Å²) in [5.74, 6) is -4.02. The van der Waals surface area contributed by atoms with Crippen LogP contribution in [0, 0.1) is 0 Å². The molecule has 7 rings (SSSR count). The van der Waals surface area contributed by atoms with Crippen LogP contribution in [0.15, 0.2) is 182 Å². The number of rotatable bonds is 9. The van der Waals surface area contributed by atoms with E-state index < -0.39 is 34.2 Å². The molecule has 0 amide bonds. The molecule has 3 aliphatic carbocycles. The highest BCUT2D eigenvalue weighted by Crippen LogP contribution is 2.44. The van der Waals surface area contributed by atoms with Crippen LogP contribution in [0.2, 0.25) is 0 Å². The Morgan fingerprint density at radius 2 is 0.588 bits per heavy atom. The number of hydrogen-bond donors (Lipinski definition) is 3. The van der Waals surface area contributed by atoms with Gasteiger partial charge in [-0.2, -0.15) is 0 Å². The second-order valence-electron chi connectivity index (χ2n) is 13.3. The fourth-order valence-corrected chi connectivity index (χ4v) is 7.30. The fraction of sp³-hybridized carbons (Fsp3) is 0.133. The maximum absolute atomic E-state index is 13.3. The van der Waals surface area contributed by atoms with Gasteiger partial charge in [-0.15, -0.1) is 0 Å². The Bertz CT molecular complexity index is 1850. The molecule has 0 saturated heterocycles. The zero-order valence-electron chi connectivity index (χ0n) is 27.6. The maximum atomic E-state index is 13.3. The van der Waals surface area contributed by atoms with E-state index in [1.54, 1.807) is 54.7 Å². The minimum atomic E-state index is -1.70. The Morgan fingerprint density at radius 1 is 0.373 bits per heavy atom. The van der Waals surface area contributed by atoms with Crippen LogP contribution in [0.1, 0.15) is 51.1 Å². The van der Waals surface area contributed by atoms with Gasteiger partial charge in [0.1, 0.15) is 16.2 Å². The molecule has 0 unspecified atom stereocenters. The second-order valence-corrected chi connectivity index (χ2v) is 13.3. The first kappa shape index (κ1) is 33.2. The molecule has 0 radical (unpaired) electrons. The van der Waals surface area contributed by atoms with E-state index in [0.717, 1.165) is 16.7 Å². The molecule has 4 aromatic carbocycles. The van der Waals surface area contributed by atoms with Crippen LogP contribution in [0.25, 0.3) is 0 Å². The van der Waals surface area contributed by atoms with E-state index in [1.165, 1.54) is 0 Å². The van der Waals surface area contributed by atoms with Crippen molar-refractivity contribution in [2.45, 2.75) is 34.0 Å². The maximum Gasteiger partial charge on any atom is 0.321 e. The van der Waals surface area contributed by atoms with Crippen molar-refractivity contribution in [3.8, 4) is 0 Å². The van der Waals surface area contributed by atoms with Crippen LogP contribution in [0.5, 0.6) is 0 Å². The summed E-state index contributed by atoms with van der Waals surface area (Å²) in [6, 6.07) is 33.9. The molecular formula is C45H36O6. The standard InChI is InChI=1S/C45H36O6/c46-40(47)43(22-16-34(17-23-43)31-10-4-1-5-11-31)37-28-38(44(41(48)49)24-18-35(19-25-44)32-12-6-2-7-13-32)30-39(29-37)45(42(50)51)26-20-36(21-27-45)33-14-8-3-9-15-33/h1-30,34-36H,(H,46,47)(H,48,49)(H,50,51). The molecule has 252 valence electrons. The van der Waals surface area contributed by atoms with Crippen molar-refractivity contribution in [1.82, 2.24) is 0 Å². The minimum Gasteiger partial charge on any atom is -0.480 e. The molecule has 0 saturated carbocycles. The lowest BCUT2D eigenvalue weighted by molar-refractivity contribution is -0.141. The Hall–Kier alpha value is -6.27. The van der Waals surface area contributed by atoms with Crippen molar-refractivity contribution < 1.29 is 29.7 Å². The second kappa shape index (κ2) is 13.2. The number of hydrogen-bond acceptors (Lipinski definition) is 3. The van der Waals surface area contributed by atoms with Gasteiger partial charge in [0.2, 0.25) is 0 Å². The van der Waals surface area contributed by atoms with Gasteiger partial charge in [-0.25, -0.2) is 0 Å². The van der Waals surface area contributed by atoms with Gasteiger partial charge in [0.15, 0.2) is 0 Å². The summed E-state index contributed by atoms with van der Waals surface area (Å²) in [7, 11) is 0. The zero-order valence-corrected chi connectivity index (χ0v) is 27.6. The van der Waals surface area contributed by atoms with Crippen molar-refractivity contribution in [3.05, 3.63) is 215 Å². The number of carbonyl (C=O) groups is 3. The van der Waals surface area contributed by atoms with Crippen molar-refractivity contribution in [3.63, 3.8) is 0 Å². The van der Waals surface area contributed by atoms with Gasteiger partial charge in [0.25, 0.3) is 0 Å². The van der Waals surface area contributed by atoms with E-state index in [2.05, 4.69) is 0 Å². The molecule has 6 nitrogen and oxygen atoms in total. The third-order valence-electron chi connectivity index (χ3n) is 10.4. The first-order valence-corrected chi connectivity index (χ1v) is 16.8. The van der Waals surface area contributed by atoms with Gasteiger partial charge in [0.05, 0.1) is 0 Å². The third kappa shape index (κ3) is 5.89. The fourth-order valence-electron chi connectivity index (χ4n) is 7.30. The normalized spacial score (nSPS) is 27.6. The van der Waals surface area contributed by atoms with Crippen molar-refractivity contribution in [2.75, 3.05) is 0 Å². The summed E-state index contributed by atoms with van der Waals surface area (Å²) >= 11 is 0. The average molecular weight is 673 g/mol. The molecule has 0 spiro atoms. The Labute approximate surface area is 296 Å². The summed E-state index contributed by atoms with van der Waals surface area (Å²) in [6.45, 7) is 0. The first-order valence-electron chi connectivity index (χ1n) is 16.8. The van der Waals surface area contributed by atoms with Gasteiger partial charge in [-0.05, 0) is 33.4 Å². The Morgan fingerprint density at radius 3 is 0.784 bits per heavy atom. The number of benzene rings is 4. The van der Waals surface area contributed by atoms with Gasteiger partial charge < -0.3 is 15.3 Å². The van der Waals surface area contributed by atoms with Crippen molar-refractivity contribution >= 4 is 17.9 Å². The van der Waals surface area contributed by atoms with Gasteiger partial charge >= 0.3 is 17.9 Å². The molecular weight excluding hydrogens is 636 g/mol. The predicted octanol–water partition coefficient (Wildman–Crippen LogP) is 8.38. The molecule has 0 bridgehead atoms. The summed E-state index contributed by atoms with van der Waals surface area (Å²) in [6.07, 6.45) is 20.7. The number of allylic oxidation sites excluding steroid dienone is 6. The molecule has 0 heterocycles. The van der Waals surface area contributed by atoms with Crippen LogP contribution < -0.4 is 0 Å². The van der Waals surface area contributed by atoms with E-state index in [4.69, 9.17) is 0 Å². The van der Waals surface area contributed by atoms with Crippen LogP contribution in [-0.2, 0) is 30.6 Å². The number of carboxylic acids is 3. The monoisotopic (exact) mass is 672 g/mol. The van der Waals surface area contributed by atoms with Gasteiger partial charge in [-0.3, -0.25) is 14.4 Å². The van der Waals surface area contributed by atoms with E-state index in [0.29, 0.717) is 0 Å². The van der Waals surface area contributed by atoms with Gasteiger partial charge in [-0.1, -0.05) is 182 Å². The van der Waals surface area contributed by atoms with Gasteiger partial charge in [0, 0.05) is 17.8 Å². The molecule has 0 fully saturated rings. The first-order chi connectivity index (χ1) is 24.7. The lowest BCUT2D eigenvalue weighted by atomic mass is 9.67. The topological polar surface area (TPSA) is 112 Å². The zero-order chi connectivity index (χ0) is 35.6. The predicted molar refractivity (Wildman–Crippen MR) is 197 cm³/mol. The van der Waals surface area contributed by atoms with E-state index in [-0.39, 0.29) is 34.4 Å². The lowest BCUT2D eigenvalue weighted by Gasteiger charge is -2.35. The largest absolute Gasteiger partial charge is 0.480 e. The number of carboxylic acid groups (broad SMARTS) is 3.